The van der Waals surface area contributed by atoms with Crippen molar-refractivity contribution in [2.75, 3.05) is 12.0 Å². The number of hydrogen-bond acceptors (Lipinski definition) is 7. The summed E-state index contributed by atoms with van der Waals surface area (Å²) in [6.45, 7) is 0.558. The van der Waals surface area contributed by atoms with Crippen LogP contribution in [0.3, 0.4) is 0 Å². The van der Waals surface area contributed by atoms with Crippen LogP contribution >= 0.6 is 0 Å². The molecule has 1 aromatic carbocycles. The lowest BCUT2D eigenvalue weighted by molar-refractivity contribution is -0.123. The number of nitrogens with one attached hydrogen (secondary N) is 2. The Balaban J connectivity index is 1.55. The van der Waals surface area contributed by atoms with Gasteiger partial charge in [-0.05, 0) is 31.0 Å². The Kier molecular flexibility index (Phi) is 4.03. The number of amides is 1. The lowest BCUT2D eigenvalue weighted by Crippen LogP contribution is -2.47. The van der Waals surface area contributed by atoms with E-state index in [2.05, 4.69) is 25.2 Å². The molecule has 26 heavy (non-hydrogen) atoms. The molecule has 2 aromatic rings. The molecule has 3 heterocycles. The van der Waals surface area contributed by atoms with Gasteiger partial charge >= 0.3 is 0 Å². The van der Waals surface area contributed by atoms with E-state index >= 15 is 0 Å². The van der Waals surface area contributed by atoms with Gasteiger partial charge in [0.1, 0.15) is 10.9 Å². The summed E-state index contributed by atoms with van der Waals surface area (Å²) < 4.78 is 28.4. The zero-order chi connectivity index (χ0) is 18.1. The summed E-state index contributed by atoms with van der Waals surface area (Å²) in [6.07, 6.45) is 4.47. The van der Waals surface area contributed by atoms with E-state index in [9.17, 15) is 13.2 Å². The SMILES string of the molecule is O=C(NNc1ncccn1)[C@@H]1CCCN1C1=NS(=O)(=O)c2ccccc21. The van der Waals surface area contributed by atoms with Crippen LogP contribution in [0.2, 0.25) is 0 Å². The predicted octanol–water partition coefficient (Wildman–Crippen LogP) is 0.533. The highest BCUT2D eigenvalue weighted by molar-refractivity contribution is 7.90. The molecule has 0 bridgehead atoms. The molecule has 0 unspecified atom stereocenters. The monoisotopic (exact) mass is 372 g/mol. The van der Waals surface area contributed by atoms with Crippen molar-refractivity contribution in [1.29, 1.82) is 0 Å². The van der Waals surface area contributed by atoms with Gasteiger partial charge in [-0.1, -0.05) is 12.1 Å². The maximum atomic E-state index is 12.6. The highest BCUT2D eigenvalue weighted by Gasteiger charge is 2.39. The van der Waals surface area contributed by atoms with Crippen LogP contribution in [0.25, 0.3) is 0 Å². The summed E-state index contributed by atoms with van der Waals surface area (Å²) in [6, 6.07) is 7.80. The first kappa shape index (κ1) is 16.5. The predicted molar refractivity (Wildman–Crippen MR) is 93.7 cm³/mol. The van der Waals surface area contributed by atoms with Gasteiger partial charge in [0.05, 0.1) is 0 Å². The van der Waals surface area contributed by atoms with Crippen molar-refractivity contribution in [2.24, 2.45) is 4.40 Å². The van der Waals surface area contributed by atoms with Crippen LogP contribution in [0.1, 0.15) is 18.4 Å². The van der Waals surface area contributed by atoms with Gasteiger partial charge in [-0.15, -0.1) is 4.40 Å². The van der Waals surface area contributed by atoms with Crippen LogP contribution in [-0.2, 0) is 14.8 Å². The van der Waals surface area contributed by atoms with Crippen LogP contribution in [0.15, 0.2) is 52.0 Å². The molecule has 0 aliphatic carbocycles. The third kappa shape index (κ3) is 2.88. The lowest BCUT2D eigenvalue weighted by atomic mass is 10.1. The second-order valence-electron chi connectivity index (χ2n) is 5.92. The largest absolute Gasteiger partial charge is 0.343 e. The first-order chi connectivity index (χ1) is 12.6. The molecule has 0 spiro atoms. The van der Waals surface area contributed by atoms with Crippen molar-refractivity contribution >= 4 is 27.7 Å². The molecule has 2 N–H and O–H groups in total. The molecule has 1 atom stereocenters. The number of aromatic nitrogens is 2. The molecule has 134 valence electrons. The van der Waals surface area contributed by atoms with E-state index in [0.717, 1.165) is 6.42 Å². The zero-order valence-electron chi connectivity index (χ0n) is 13.7. The molecule has 2 aliphatic heterocycles. The average molecular weight is 372 g/mol. The number of nitrogens with zero attached hydrogens (tertiary/aromatic N) is 4. The Hall–Kier alpha value is -3.01. The minimum atomic E-state index is -3.72. The summed E-state index contributed by atoms with van der Waals surface area (Å²) >= 11 is 0. The van der Waals surface area contributed by atoms with Gasteiger partial charge < -0.3 is 4.90 Å². The van der Waals surface area contributed by atoms with Crippen molar-refractivity contribution in [3.05, 3.63) is 48.3 Å². The Labute approximate surface area is 150 Å². The fourth-order valence-electron chi connectivity index (χ4n) is 3.15. The molecule has 1 fully saturated rings. The maximum Gasteiger partial charge on any atom is 0.285 e. The fourth-order valence-corrected chi connectivity index (χ4v) is 4.37. The molecule has 0 radical (unpaired) electrons. The molecule has 10 heteroatoms. The molecule has 1 saturated heterocycles. The lowest BCUT2D eigenvalue weighted by Gasteiger charge is -2.25. The van der Waals surface area contributed by atoms with Gasteiger partial charge in [0.25, 0.3) is 15.9 Å². The summed E-state index contributed by atoms with van der Waals surface area (Å²) in [7, 11) is -3.72. The van der Waals surface area contributed by atoms with Gasteiger partial charge in [-0.2, -0.15) is 8.42 Å². The van der Waals surface area contributed by atoms with Crippen molar-refractivity contribution in [1.82, 2.24) is 20.3 Å². The quantitative estimate of drug-likeness (QED) is 0.755. The van der Waals surface area contributed by atoms with Crippen LogP contribution in [0.5, 0.6) is 0 Å². The van der Waals surface area contributed by atoms with Crippen LogP contribution in [-0.4, -0.2) is 47.6 Å². The van der Waals surface area contributed by atoms with Crippen molar-refractivity contribution < 1.29 is 13.2 Å². The van der Waals surface area contributed by atoms with E-state index in [-0.39, 0.29) is 16.8 Å². The number of anilines is 1. The fraction of sp³-hybridized carbons (Fsp3) is 0.250. The molecular formula is C16H16N6O3S. The van der Waals surface area contributed by atoms with E-state index in [1.807, 2.05) is 0 Å². The van der Waals surface area contributed by atoms with Crippen molar-refractivity contribution in [2.45, 2.75) is 23.8 Å². The molecule has 0 saturated carbocycles. The van der Waals surface area contributed by atoms with E-state index in [1.165, 1.54) is 6.07 Å². The number of amidine groups is 1. The smallest absolute Gasteiger partial charge is 0.285 e. The minimum Gasteiger partial charge on any atom is -0.343 e. The number of fused-ring (bicyclic) bond motifs is 1. The number of sulfonamides is 1. The zero-order valence-corrected chi connectivity index (χ0v) is 14.5. The van der Waals surface area contributed by atoms with E-state index in [4.69, 9.17) is 0 Å². The maximum absolute atomic E-state index is 12.6. The number of carbonyl (C=O) groups excluding carboxylic acids is 1. The molecule has 1 amide bonds. The Bertz CT molecular complexity index is 976. The topological polar surface area (TPSA) is 117 Å². The van der Waals surface area contributed by atoms with Gasteiger partial charge in [-0.3, -0.25) is 15.6 Å². The third-order valence-electron chi connectivity index (χ3n) is 4.30. The summed E-state index contributed by atoms with van der Waals surface area (Å²) in [5.41, 5.74) is 5.77. The number of likely N-dealkylation sites (tertiary alicyclic amines) is 1. The van der Waals surface area contributed by atoms with E-state index < -0.39 is 16.1 Å². The van der Waals surface area contributed by atoms with E-state index in [0.29, 0.717) is 24.4 Å². The van der Waals surface area contributed by atoms with Crippen LogP contribution < -0.4 is 10.9 Å². The summed E-state index contributed by atoms with van der Waals surface area (Å²) in [5.74, 6) is 0.310. The van der Waals surface area contributed by atoms with Gasteiger partial charge in [0, 0.05) is 24.5 Å². The molecule has 2 aliphatic rings. The first-order valence-electron chi connectivity index (χ1n) is 8.10. The van der Waals surface area contributed by atoms with Gasteiger partial charge in [0.2, 0.25) is 5.95 Å². The Morgan fingerprint density at radius 2 is 1.92 bits per heavy atom. The third-order valence-corrected chi connectivity index (χ3v) is 5.63. The van der Waals surface area contributed by atoms with Crippen LogP contribution in [0, 0.1) is 0 Å². The number of rotatable bonds is 3. The van der Waals surface area contributed by atoms with Crippen molar-refractivity contribution in [3.63, 3.8) is 0 Å². The average Bonchev–Trinajstić information content (AvgIpc) is 3.24. The van der Waals surface area contributed by atoms with Crippen molar-refractivity contribution in [3.8, 4) is 0 Å². The molecular weight excluding hydrogens is 356 g/mol. The highest BCUT2D eigenvalue weighted by atomic mass is 32.2. The highest BCUT2D eigenvalue weighted by Crippen LogP contribution is 2.31. The Morgan fingerprint density at radius 3 is 2.73 bits per heavy atom. The molecule has 9 nitrogen and oxygen atoms in total. The molecule has 1 aromatic heterocycles. The Morgan fingerprint density at radius 1 is 1.15 bits per heavy atom. The van der Waals surface area contributed by atoms with E-state index in [1.54, 1.807) is 41.6 Å². The summed E-state index contributed by atoms with van der Waals surface area (Å²) in [5, 5.41) is 0. The number of carbonyl (C=O) groups is 1. The van der Waals surface area contributed by atoms with Gasteiger partial charge in [0.15, 0.2) is 5.84 Å². The number of hydrogen-bond donors (Lipinski definition) is 2. The molecule has 4 rings (SSSR count). The number of benzene rings is 1. The standard InChI is InChI=1S/C16H16N6O3S/c23-15(19-20-16-17-8-4-9-18-16)12-6-3-10-22(12)14-11-5-1-2-7-13(11)26(24,25)21-14/h1-2,4-5,7-9,12H,3,6,10H2,(H,19,23)(H,17,18,20)/t12-/m0/s1. The first-order valence-corrected chi connectivity index (χ1v) is 9.54. The second-order valence-corrected chi connectivity index (χ2v) is 7.50. The normalized spacial score (nSPS) is 20.4. The minimum absolute atomic E-state index is 0.178. The second kappa shape index (κ2) is 6.37. The summed E-state index contributed by atoms with van der Waals surface area (Å²) in [4.78, 5) is 22.4. The number of hydrazine groups is 1. The van der Waals surface area contributed by atoms with Gasteiger partial charge in [-0.25, -0.2) is 9.97 Å². The van der Waals surface area contributed by atoms with Crippen LogP contribution in [0.4, 0.5) is 5.95 Å².